The first kappa shape index (κ1) is 27.5. The summed E-state index contributed by atoms with van der Waals surface area (Å²) in [5, 5.41) is 8.86. The van der Waals surface area contributed by atoms with Gasteiger partial charge in [-0.05, 0) is 12.1 Å². The molecule has 2 rings (SSSR count). The Morgan fingerprint density at radius 2 is 1.71 bits per heavy atom. The first-order valence-electron chi connectivity index (χ1n) is 9.02. The summed E-state index contributed by atoms with van der Waals surface area (Å²) in [7, 11) is 0. The van der Waals surface area contributed by atoms with Crippen molar-refractivity contribution in [2.45, 2.75) is 15.2 Å². The standard InChI is InChI=1S/C18H15Cl3N2O10S/c19-18(20,21)8-33-17(30)32-7-11(25)34-15-12(13(26)23(15)14(27)16(28)29)22-10(24)6-31-9-4-2-1-3-5-9/h1-5,12,15H,6-8H2,(H,22,24)(H,28,29)/t12-,15-/m1/s1. The third kappa shape index (κ3) is 8.24. The molecule has 2 N–H and O–H groups in total. The molecular weight excluding hydrogens is 543 g/mol. The summed E-state index contributed by atoms with van der Waals surface area (Å²) in [5.41, 5.74) is 0. The number of thioether (sulfide) groups is 1. The maximum atomic E-state index is 12.3. The van der Waals surface area contributed by atoms with E-state index in [1.54, 1.807) is 30.3 Å². The van der Waals surface area contributed by atoms with Gasteiger partial charge in [0.1, 0.15) is 23.8 Å². The van der Waals surface area contributed by atoms with Crippen LogP contribution in [0.25, 0.3) is 0 Å². The second-order valence-electron chi connectivity index (χ2n) is 6.29. The van der Waals surface area contributed by atoms with Crippen molar-refractivity contribution in [2.24, 2.45) is 0 Å². The summed E-state index contributed by atoms with van der Waals surface area (Å²) in [6.45, 7) is -2.04. The second-order valence-corrected chi connectivity index (χ2v) is 9.98. The average molecular weight is 558 g/mol. The Kier molecular flexibility index (Phi) is 9.79. The van der Waals surface area contributed by atoms with Gasteiger partial charge in [0.15, 0.2) is 13.2 Å². The summed E-state index contributed by atoms with van der Waals surface area (Å²) in [6, 6.07) is 6.84. The number of nitrogens with zero attached hydrogens (tertiary/aromatic N) is 1. The van der Waals surface area contributed by atoms with Gasteiger partial charge in [-0.3, -0.25) is 24.1 Å². The Balaban J connectivity index is 1.95. The molecule has 184 valence electrons. The van der Waals surface area contributed by atoms with Crippen molar-refractivity contribution < 1.29 is 48.1 Å². The van der Waals surface area contributed by atoms with Gasteiger partial charge in [0.05, 0.1) is 0 Å². The molecule has 1 aromatic rings. The van der Waals surface area contributed by atoms with Gasteiger partial charge in [0.2, 0.25) is 8.91 Å². The molecule has 1 saturated heterocycles. The number of carbonyl (C=O) groups excluding carboxylic acids is 5. The van der Waals surface area contributed by atoms with Crippen molar-refractivity contribution >= 4 is 81.5 Å². The number of aliphatic carboxylic acids is 1. The van der Waals surface area contributed by atoms with Crippen molar-refractivity contribution in [1.82, 2.24) is 10.2 Å². The summed E-state index contributed by atoms with van der Waals surface area (Å²) in [5.74, 6) is -5.00. The number of β-lactam (4-membered cyclic amide) rings is 1. The van der Waals surface area contributed by atoms with E-state index in [1.807, 2.05) is 0 Å². The van der Waals surface area contributed by atoms with Crippen LogP contribution in [0.4, 0.5) is 4.79 Å². The molecule has 0 aliphatic carbocycles. The van der Waals surface area contributed by atoms with E-state index in [2.05, 4.69) is 14.8 Å². The largest absolute Gasteiger partial charge is 0.508 e. The monoisotopic (exact) mass is 556 g/mol. The molecule has 0 unspecified atom stereocenters. The van der Waals surface area contributed by atoms with Crippen LogP contribution in [0.5, 0.6) is 5.75 Å². The fourth-order valence-electron chi connectivity index (χ4n) is 2.39. The maximum absolute atomic E-state index is 12.3. The minimum absolute atomic E-state index is 0.287. The zero-order valence-electron chi connectivity index (χ0n) is 16.8. The number of hydrogen-bond donors (Lipinski definition) is 2. The van der Waals surface area contributed by atoms with E-state index in [1.165, 1.54) is 0 Å². The van der Waals surface area contributed by atoms with Crippen molar-refractivity contribution in [3.8, 4) is 5.75 Å². The highest BCUT2D eigenvalue weighted by Gasteiger charge is 2.54. The number of para-hydroxylation sites is 1. The van der Waals surface area contributed by atoms with Crippen LogP contribution in [-0.4, -0.2) is 80.0 Å². The van der Waals surface area contributed by atoms with E-state index >= 15 is 0 Å². The van der Waals surface area contributed by atoms with E-state index in [0.29, 0.717) is 5.75 Å². The number of imide groups is 1. The van der Waals surface area contributed by atoms with Crippen LogP contribution in [0.15, 0.2) is 30.3 Å². The molecular formula is C18H15Cl3N2O10S. The lowest BCUT2D eigenvalue weighted by Gasteiger charge is -2.43. The van der Waals surface area contributed by atoms with E-state index in [4.69, 9.17) is 44.6 Å². The predicted molar refractivity (Wildman–Crippen MR) is 117 cm³/mol. The molecule has 1 aliphatic heterocycles. The lowest BCUT2D eigenvalue weighted by molar-refractivity contribution is -0.168. The highest BCUT2D eigenvalue weighted by Crippen LogP contribution is 2.31. The summed E-state index contributed by atoms with van der Waals surface area (Å²) in [4.78, 5) is 71.1. The molecule has 1 fully saturated rings. The third-order valence-electron chi connectivity index (χ3n) is 3.79. The van der Waals surface area contributed by atoms with Crippen LogP contribution < -0.4 is 10.1 Å². The van der Waals surface area contributed by atoms with Gasteiger partial charge in [0, 0.05) is 0 Å². The van der Waals surface area contributed by atoms with Crippen LogP contribution in [0.1, 0.15) is 0 Å². The fraction of sp³-hybridized carbons (Fsp3) is 0.333. The summed E-state index contributed by atoms with van der Waals surface area (Å²) < 4.78 is 12.3. The number of amides is 3. The Hall–Kier alpha value is -2.74. The highest BCUT2D eigenvalue weighted by molar-refractivity contribution is 8.14. The second kappa shape index (κ2) is 12.1. The number of halogens is 3. The summed E-state index contributed by atoms with van der Waals surface area (Å²) >= 11 is 16.5. The molecule has 1 heterocycles. The quantitative estimate of drug-likeness (QED) is 0.203. The van der Waals surface area contributed by atoms with Crippen LogP contribution in [-0.2, 0) is 33.4 Å². The molecule has 16 heteroatoms. The van der Waals surface area contributed by atoms with E-state index < -0.39 is 70.0 Å². The molecule has 34 heavy (non-hydrogen) atoms. The summed E-state index contributed by atoms with van der Waals surface area (Å²) in [6.07, 6.45) is -1.34. The average Bonchev–Trinajstić information content (AvgIpc) is 2.78. The van der Waals surface area contributed by atoms with Crippen molar-refractivity contribution in [3.63, 3.8) is 0 Å². The van der Waals surface area contributed by atoms with Gasteiger partial charge in [-0.1, -0.05) is 64.8 Å². The third-order valence-corrected chi connectivity index (χ3v) is 5.22. The molecule has 0 saturated carbocycles. The zero-order valence-corrected chi connectivity index (χ0v) is 19.9. The molecule has 3 amide bonds. The minimum atomic E-state index is -1.95. The lowest BCUT2D eigenvalue weighted by Crippen LogP contribution is -2.72. The van der Waals surface area contributed by atoms with Gasteiger partial charge >= 0.3 is 18.0 Å². The Labute approximate surface area is 210 Å². The van der Waals surface area contributed by atoms with Gasteiger partial charge in [-0.15, -0.1) is 0 Å². The molecule has 0 aromatic heterocycles. The fourth-order valence-corrected chi connectivity index (χ4v) is 3.57. The first-order valence-corrected chi connectivity index (χ1v) is 11.0. The first-order chi connectivity index (χ1) is 15.9. The highest BCUT2D eigenvalue weighted by atomic mass is 35.6. The number of carboxylic acids is 1. The Morgan fingerprint density at radius 1 is 1.06 bits per heavy atom. The zero-order chi connectivity index (χ0) is 25.5. The maximum Gasteiger partial charge on any atom is 0.508 e. The number of ether oxygens (including phenoxy) is 3. The van der Waals surface area contributed by atoms with Gasteiger partial charge < -0.3 is 24.6 Å². The number of carbonyl (C=O) groups is 6. The molecule has 12 nitrogen and oxygen atoms in total. The van der Waals surface area contributed by atoms with Crippen LogP contribution in [0, 0.1) is 0 Å². The predicted octanol–water partition coefficient (Wildman–Crippen LogP) is 1.11. The number of carboxylic acid groups (broad SMARTS) is 1. The van der Waals surface area contributed by atoms with E-state index in [0.717, 1.165) is 0 Å². The SMILES string of the molecule is O=C(COc1ccccc1)N[C@@H]1C(=O)N(C(=O)C(=O)O)[C@@H]1SC(=O)COC(=O)OCC(Cl)(Cl)Cl. The van der Waals surface area contributed by atoms with Crippen molar-refractivity contribution in [2.75, 3.05) is 19.8 Å². The molecule has 1 aliphatic rings. The van der Waals surface area contributed by atoms with Crippen LogP contribution in [0.2, 0.25) is 0 Å². The molecule has 0 radical (unpaired) electrons. The van der Waals surface area contributed by atoms with Gasteiger partial charge in [-0.2, -0.15) is 0 Å². The molecule has 1 aromatic carbocycles. The Morgan fingerprint density at radius 3 is 2.29 bits per heavy atom. The number of likely N-dealkylation sites (tertiary alicyclic amines) is 1. The Bertz CT molecular complexity index is 972. The molecule has 0 bridgehead atoms. The van der Waals surface area contributed by atoms with Crippen LogP contribution >= 0.6 is 46.6 Å². The number of nitrogens with one attached hydrogen (secondary N) is 1. The van der Waals surface area contributed by atoms with Crippen LogP contribution in [0.3, 0.4) is 0 Å². The molecule has 2 atom stereocenters. The van der Waals surface area contributed by atoms with E-state index in [9.17, 15) is 28.8 Å². The normalized spacial score (nSPS) is 17.3. The van der Waals surface area contributed by atoms with Gasteiger partial charge in [-0.25, -0.2) is 9.59 Å². The van der Waals surface area contributed by atoms with Crippen molar-refractivity contribution in [1.29, 1.82) is 0 Å². The lowest BCUT2D eigenvalue weighted by atomic mass is 10.1. The number of hydrogen-bond acceptors (Lipinski definition) is 10. The van der Waals surface area contributed by atoms with Gasteiger partial charge in [0.25, 0.3) is 11.8 Å². The smallest absolute Gasteiger partial charge is 0.484 e. The molecule has 0 spiro atoms. The number of rotatable bonds is 8. The van der Waals surface area contributed by atoms with E-state index in [-0.39, 0.29) is 16.7 Å². The minimum Gasteiger partial charge on any atom is -0.484 e. The topological polar surface area (TPSA) is 166 Å². The van der Waals surface area contributed by atoms with Crippen molar-refractivity contribution in [3.05, 3.63) is 30.3 Å². The number of benzene rings is 1. The number of alkyl halides is 3.